The first-order valence-corrected chi connectivity index (χ1v) is 9.26. The van der Waals surface area contributed by atoms with Crippen LogP contribution in [0.5, 0.6) is 5.75 Å². The van der Waals surface area contributed by atoms with Crippen LogP contribution < -0.4 is 16.0 Å². The summed E-state index contributed by atoms with van der Waals surface area (Å²) in [4.78, 5) is 10.5. The number of anilines is 1. The first-order chi connectivity index (χ1) is 13.7. The number of aromatic nitrogens is 4. The van der Waals surface area contributed by atoms with Crippen LogP contribution in [0.4, 0.5) is 10.3 Å². The van der Waals surface area contributed by atoms with Crippen molar-refractivity contribution < 1.29 is 9.50 Å². The quantitative estimate of drug-likeness (QED) is 0.558. The van der Waals surface area contributed by atoms with Crippen molar-refractivity contribution in [2.45, 2.75) is 38.8 Å². The van der Waals surface area contributed by atoms with Crippen molar-refractivity contribution in [1.82, 2.24) is 25.5 Å². The first-order valence-electron chi connectivity index (χ1n) is 9.26. The van der Waals surface area contributed by atoms with Crippen LogP contribution in [0.15, 0.2) is 24.7 Å². The number of nitrogens with one attached hydrogen (secondary N) is 2. The van der Waals surface area contributed by atoms with E-state index in [-0.39, 0.29) is 33.8 Å². The third-order valence-corrected chi connectivity index (χ3v) is 4.48. The lowest BCUT2D eigenvalue weighted by Crippen LogP contribution is -2.45. The van der Waals surface area contributed by atoms with Crippen molar-refractivity contribution in [3.05, 3.63) is 30.2 Å². The summed E-state index contributed by atoms with van der Waals surface area (Å²) in [5.41, 5.74) is 5.85. The standard InChI is InChI=1S/C19H25FN8O/c1-19(2,3)25-12-4-5-28(10-12)18-24-9-14(26-27-18)16-15(29)6-11(8-23-16)13(7-21)17(20)22/h6-9,12,22,25,29H,4-5,10,21H2,1-3H3/b13-7-,22-17?/t12-/m0/s1. The number of nitrogens with two attached hydrogens (primary N) is 1. The van der Waals surface area contributed by atoms with E-state index in [2.05, 4.69) is 51.2 Å². The summed E-state index contributed by atoms with van der Waals surface area (Å²) in [7, 11) is 0. The molecule has 3 heterocycles. The van der Waals surface area contributed by atoms with Gasteiger partial charge < -0.3 is 21.1 Å². The molecule has 1 saturated heterocycles. The van der Waals surface area contributed by atoms with Crippen molar-refractivity contribution in [2.75, 3.05) is 18.0 Å². The number of hydrogen-bond donors (Lipinski definition) is 4. The fraction of sp³-hybridized carbons (Fsp3) is 0.421. The van der Waals surface area contributed by atoms with E-state index in [0.29, 0.717) is 12.0 Å². The molecule has 2 aromatic heterocycles. The van der Waals surface area contributed by atoms with Gasteiger partial charge in [0.05, 0.1) is 11.8 Å². The maximum absolute atomic E-state index is 13.2. The molecule has 9 nitrogen and oxygen atoms in total. The third kappa shape index (κ3) is 4.83. The SMILES string of the molecule is CC(C)(C)N[C@H]1CCN(c2ncc(-c3ncc(/C(=C/N)C(=N)F)cc3O)nn2)C1. The summed E-state index contributed by atoms with van der Waals surface area (Å²) in [5.74, 6) is -0.929. The second-order valence-corrected chi connectivity index (χ2v) is 7.96. The van der Waals surface area contributed by atoms with Crippen LogP contribution in [0.1, 0.15) is 32.8 Å². The molecular formula is C19H25FN8O. The molecule has 1 aliphatic heterocycles. The van der Waals surface area contributed by atoms with Crippen LogP contribution in [0.25, 0.3) is 17.0 Å². The second-order valence-electron chi connectivity index (χ2n) is 7.96. The fourth-order valence-electron chi connectivity index (χ4n) is 3.29. The number of pyridine rings is 1. The smallest absolute Gasteiger partial charge is 0.245 e. The molecule has 1 fully saturated rings. The first kappa shape index (κ1) is 20.6. The van der Waals surface area contributed by atoms with Gasteiger partial charge in [0.25, 0.3) is 0 Å². The van der Waals surface area contributed by atoms with Crippen molar-refractivity contribution in [3.8, 4) is 17.1 Å². The Morgan fingerprint density at radius 3 is 2.66 bits per heavy atom. The molecule has 0 bridgehead atoms. The lowest BCUT2D eigenvalue weighted by molar-refractivity contribution is 0.373. The van der Waals surface area contributed by atoms with Crippen LogP contribution in [-0.4, -0.2) is 55.9 Å². The minimum Gasteiger partial charge on any atom is -0.506 e. The maximum atomic E-state index is 13.2. The molecule has 0 unspecified atom stereocenters. The Morgan fingerprint density at radius 1 is 1.34 bits per heavy atom. The van der Waals surface area contributed by atoms with E-state index in [4.69, 9.17) is 11.1 Å². The predicted molar refractivity (Wildman–Crippen MR) is 109 cm³/mol. The molecule has 10 heteroatoms. The van der Waals surface area contributed by atoms with Gasteiger partial charge in [-0.25, -0.2) is 9.97 Å². The average Bonchev–Trinajstić information content (AvgIpc) is 3.09. The maximum Gasteiger partial charge on any atom is 0.245 e. The second kappa shape index (κ2) is 8.08. The van der Waals surface area contributed by atoms with Gasteiger partial charge in [0, 0.05) is 42.6 Å². The molecule has 154 valence electrons. The van der Waals surface area contributed by atoms with Crippen LogP contribution in [-0.2, 0) is 0 Å². The van der Waals surface area contributed by atoms with Crippen molar-refractivity contribution in [3.63, 3.8) is 0 Å². The van der Waals surface area contributed by atoms with Gasteiger partial charge in [-0.2, -0.15) is 4.39 Å². The number of nitrogens with zero attached hydrogens (tertiary/aromatic N) is 5. The molecule has 0 aromatic carbocycles. The summed E-state index contributed by atoms with van der Waals surface area (Å²) in [6.45, 7) is 8.03. The average molecular weight is 400 g/mol. The molecular weight excluding hydrogens is 375 g/mol. The lowest BCUT2D eigenvalue weighted by atomic mass is 10.1. The topological polar surface area (TPSA) is 137 Å². The Hall–Kier alpha value is -3.14. The van der Waals surface area contributed by atoms with Gasteiger partial charge in [-0.1, -0.05) is 0 Å². The number of halogens is 1. The van der Waals surface area contributed by atoms with E-state index < -0.39 is 5.97 Å². The molecule has 2 aromatic rings. The number of allylic oxidation sites excluding steroid dienone is 1. The van der Waals surface area contributed by atoms with Crippen LogP contribution >= 0.6 is 0 Å². The Bertz CT molecular complexity index is 923. The van der Waals surface area contributed by atoms with E-state index in [1.807, 2.05) is 0 Å². The molecule has 29 heavy (non-hydrogen) atoms. The Balaban J connectivity index is 1.75. The molecule has 5 N–H and O–H groups in total. The normalized spacial score (nSPS) is 17.6. The summed E-state index contributed by atoms with van der Waals surface area (Å²) in [6, 6.07) is 1.63. The highest BCUT2D eigenvalue weighted by molar-refractivity contribution is 6.17. The number of aromatic hydroxyl groups is 1. The highest BCUT2D eigenvalue weighted by atomic mass is 19.1. The number of hydrogen-bond acceptors (Lipinski definition) is 9. The van der Waals surface area contributed by atoms with Gasteiger partial charge in [0.15, 0.2) is 0 Å². The zero-order chi connectivity index (χ0) is 21.2. The lowest BCUT2D eigenvalue weighted by Gasteiger charge is -2.25. The molecule has 1 atom stereocenters. The van der Waals surface area contributed by atoms with Crippen molar-refractivity contribution in [2.24, 2.45) is 5.73 Å². The highest BCUT2D eigenvalue weighted by Gasteiger charge is 2.27. The van der Waals surface area contributed by atoms with E-state index in [9.17, 15) is 9.50 Å². The van der Waals surface area contributed by atoms with Gasteiger partial charge >= 0.3 is 0 Å². The summed E-state index contributed by atoms with van der Waals surface area (Å²) in [6.07, 6.45) is 4.74. The Kier molecular flexibility index (Phi) is 5.73. The number of rotatable bonds is 5. The highest BCUT2D eigenvalue weighted by Crippen LogP contribution is 2.28. The van der Waals surface area contributed by atoms with Crippen LogP contribution in [0.3, 0.4) is 0 Å². The van der Waals surface area contributed by atoms with E-state index in [0.717, 1.165) is 25.7 Å². The summed E-state index contributed by atoms with van der Waals surface area (Å²) < 4.78 is 13.2. The Labute approximate surface area is 168 Å². The van der Waals surface area contributed by atoms with E-state index >= 15 is 0 Å². The monoisotopic (exact) mass is 400 g/mol. The van der Waals surface area contributed by atoms with Crippen LogP contribution in [0, 0.1) is 5.41 Å². The van der Waals surface area contributed by atoms with E-state index in [1.54, 1.807) is 0 Å². The van der Waals surface area contributed by atoms with Gasteiger partial charge in [-0.3, -0.25) is 5.41 Å². The molecule has 0 amide bonds. The fourth-order valence-corrected chi connectivity index (χ4v) is 3.29. The minimum atomic E-state index is -1.21. The summed E-state index contributed by atoms with van der Waals surface area (Å²) >= 11 is 0. The zero-order valence-corrected chi connectivity index (χ0v) is 16.6. The van der Waals surface area contributed by atoms with Crippen molar-refractivity contribution >= 4 is 17.5 Å². The predicted octanol–water partition coefficient (Wildman–Crippen LogP) is 1.85. The Morgan fingerprint density at radius 2 is 2.10 bits per heavy atom. The van der Waals surface area contributed by atoms with Gasteiger partial charge in [-0.05, 0) is 33.3 Å². The van der Waals surface area contributed by atoms with Gasteiger partial charge in [0.1, 0.15) is 17.1 Å². The third-order valence-electron chi connectivity index (χ3n) is 4.48. The zero-order valence-electron chi connectivity index (χ0n) is 16.6. The summed E-state index contributed by atoms with van der Waals surface area (Å²) in [5, 5.41) is 29.2. The van der Waals surface area contributed by atoms with Crippen molar-refractivity contribution in [1.29, 1.82) is 5.41 Å². The van der Waals surface area contributed by atoms with Gasteiger partial charge in [0.2, 0.25) is 11.9 Å². The molecule has 0 radical (unpaired) electrons. The largest absolute Gasteiger partial charge is 0.506 e. The molecule has 0 spiro atoms. The molecule has 1 aliphatic rings. The van der Waals surface area contributed by atoms with Gasteiger partial charge in [-0.15, -0.1) is 10.2 Å². The molecule has 0 aliphatic carbocycles. The van der Waals surface area contributed by atoms with E-state index in [1.165, 1.54) is 18.5 Å². The van der Waals surface area contributed by atoms with Crippen LogP contribution in [0.2, 0.25) is 0 Å². The molecule has 3 rings (SSSR count). The minimum absolute atomic E-state index is 0.0403. The molecule has 0 saturated carbocycles.